The topological polar surface area (TPSA) is 85.2 Å². The van der Waals surface area contributed by atoms with E-state index in [1.165, 1.54) is 4.90 Å². The summed E-state index contributed by atoms with van der Waals surface area (Å²) in [5, 5.41) is 9.33. The van der Waals surface area contributed by atoms with Crippen molar-refractivity contribution in [3.05, 3.63) is 85.5 Å². The molecular formula is C30H30N4O4. The molecule has 1 aromatic heterocycles. The van der Waals surface area contributed by atoms with Gasteiger partial charge in [0.1, 0.15) is 18.4 Å². The number of hydrogen-bond acceptors (Lipinski definition) is 5. The number of anilines is 1. The normalized spacial score (nSPS) is 16.2. The summed E-state index contributed by atoms with van der Waals surface area (Å²) in [5.41, 5.74) is 3.54. The lowest BCUT2D eigenvalue weighted by atomic mass is 10.1. The van der Waals surface area contributed by atoms with Gasteiger partial charge in [0.15, 0.2) is 6.61 Å². The van der Waals surface area contributed by atoms with Crippen molar-refractivity contribution in [2.24, 2.45) is 5.16 Å². The number of aromatic nitrogens is 1. The van der Waals surface area contributed by atoms with Crippen molar-refractivity contribution in [2.45, 2.75) is 25.9 Å². The number of carbonyl (C=O) groups is 2. The monoisotopic (exact) mass is 510 g/mol. The van der Waals surface area contributed by atoms with Crippen LogP contribution in [0, 0.1) is 0 Å². The van der Waals surface area contributed by atoms with Gasteiger partial charge >= 0.3 is 0 Å². The standard InChI is InChI=1S/C30H30N4O4/c1-3-16-38-32-22-18-28(34(19-22)29(35)20-37-23-10-6-5-7-11-23)30(36)31-21-14-15-27-25(17-21)24-12-8-9-13-26(24)33(27)4-2/h3,5-15,17,28H,1,4,16,18-20H2,2H3,(H,31,36)/b32-22-. The lowest BCUT2D eigenvalue weighted by molar-refractivity contribution is -0.138. The Bertz CT molecular complexity index is 1510. The zero-order chi connectivity index (χ0) is 26.5. The molecule has 38 heavy (non-hydrogen) atoms. The van der Waals surface area contributed by atoms with Crippen molar-refractivity contribution in [3.63, 3.8) is 0 Å². The molecule has 1 atom stereocenters. The van der Waals surface area contributed by atoms with Gasteiger partial charge in [0, 0.05) is 40.5 Å². The second-order valence-corrected chi connectivity index (χ2v) is 9.07. The average molecular weight is 511 g/mol. The second kappa shape index (κ2) is 11.2. The van der Waals surface area contributed by atoms with Gasteiger partial charge in [-0.2, -0.15) is 0 Å². The van der Waals surface area contributed by atoms with Crippen molar-refractivity contribution >= 4 is 45.0 Å². The van der Waals surface area contributed by atoms with E-state index in [2.05, 4.69) is 40.7 Å². The molecule has 1 unspecified atom stereocenters. The quantitative estimate of drug-likeness (QED) is 0.195. The van der Waals surface area contributed by atoms with Crippen LogP contribution in [0.4, 0.5) is 5.69 Å². The van der Waals surface area contributed by atoms with E-state index in [9.17, 15) is 9.59 Å². The van der Waals surface area contributed by atoms with Crippen LogP contribution in [0.3, 0.4) is 0 Å². The number of oxime groups is 1. The molecule has 0 spiro atoms. The Hall–Kier alpha value is -4.59. The van der Waals surface area contributed by atoms with Gasteiger partial charge in [-0.05, 0) is 43.3 Å². The number of likely N-dealkylation sites (tertiary alicyclic amines) is 1. The number of ether oxygens (including phenoxy) is 1. The van der Waals surface area contributed by atoms with Crippen LogP contribution in [-0.4, -0.2) is 52.8 Å². The summed E-state index contributed by atoms with van der Waals surface area (Å²) < 4.78 is 7.91. The minimum absolute atomic E-state index is 0.183. The summed E-state index contributed by atoms with van der Waals surface area (Å²) >= 11 is 0. The van der Waals surface area contributed by atoms with Crippen molar-refractivity contribution in [2.75, 3.05) is 25.1 Å². The number of aryl methyl sites for hydroxylation is 1. The molecule has 5 rings (SSSR count). The van der Waals surface area contributed by atoms with Crippen LogP contribution in [0.5, 0.6) is 5.75 Å². The lowest BCUT2D eigenvalue weighted by Crippen LogP contribution is -2.45. The molecule has 2 amide bonds. The van der Waals surface area contributed by atoms with E-state index in [1.807, 2.05) is 48.5 Å². The molecule has 0 bridgehead atoms. The predicted octanol–water partition coefficient (Wildman–Crippen LogP) is 4.99. The number of amides is 2. The highest BCUT2D eigenvalue weighted by atomic mass is 16.6. The number of fused-ring (bicyclic) bond motifs is 3. The summed E-state index contributed by atoms with van der Waals surface area (Å²) in [6.45, 7) is 6.83. The molecule has 0 aliphatic carbocycles. The van der Waals surface area contributed by atoms with Crippen LogP contribution in [0.1, 0.15) is 13.3 Å². The van der Waals surface area contributed by atoms with E-state index in [-0.39, 0.29) is 38.0 Å². The molecule has 4 aromatic rings. The number of rotatable bonds is 9. The highest BCUT2D eigenvalue weighted by Gasteiger charge is 2.38. The Labute approximate surface area is 221 Å². The fourth-order valence-corrected chi connectivity index (χ4v) is 4.89. The number of hydrogen-bond donors (Lipinski definition) is 1. The SMILES string of the molecule is C=CCO/N=C1/CC(C(=O)Nc2ccc3c(c2)c2ccccc2n3CC)N(C(=O)COc2ccccc2)C1. The third kappa shape index (κ3) is 5.11. The van der Waals surface area contributed by atoms with Gasteiger partial charge < -0.3 is 24.4 Å². The third-order valence-electron chi connectivity index (χ3n) is 6.63. The number of benzene rings is 3. The zero-order valence-electron chi connectivity index (χ0n) is 21.3. The number of nitrogens with zero attached hydrogens (tertiary/aromatic N) is 3. The molecule has 0 radical (unpaired) electrons. The molecular weight excluding hydrogens is 480 g/mol. The Morgan fingerprint density at radius 2 is 1.82 bits per heavy atom. The van der Waals surface area contributed by atoms with Crippen molar-refractivity contribution in [3.8, 4) is 5.75 Å². The molecule has 194 valence electrons. The Balaban J connectivity index is 1.37. The predicted molar refractivity (Wildman–Crippen MR) is 149 cm³/mol. The molecule has 8 heteroatoms. The Kier molecular flexibility index (Phi) is 7.40. The molecule has 1 fully saturated rings. The molecule has 8 nitrogen and oxygen atoms in total. The third-order valence-corrected chi connectivity index (χ3v) is 6.63. The van der Waals surface area contributed by atoms with E-state index in [0.717, 1.165) is 28.4 Å². The smallest absolute Gasteiger partial charge is 0.261 e. The van der Waals surface area contributed by atoms with Gasteiger partial charge in [0.05, 0.1) is 12.3 Å². The highest BCUT2D eigenvalue weighted by molar-refractivity contribution is 6.11. The molecule has 0 saturated carbocycles. The summed E-state index contributed by atoms with van der Waals surface area (Å²) in [5.74, 6) is -0.00115. The van der Waals surface area contributed by atoms with Gasteiger partial charge in [-0.1, -0.05) is 54.2 Å². The van der Waals surface area contributed by atoms with E-state index in [0.29, 0.717) is 17.1 Å². The first-order valence-corrected chi connectivity index (χ1v) is 12.7. The maximum absolute atomic E-state index is 13.5. The lowest BCUT2D eigenvalue weighted by Gasteiger charge is -2.23. The number of nitrogens with one attached hydrogen (secondary N) is 1. The first-order chi connectivity index (χ1) is 18.6. The molecule has 1 aliphatic heterocycles. The fourth-order valence-electron chi connectivity index (χ4n) is 4.89. The number of carbonyl (C=O) groups excluding carboxylic acids is 2. The minimum atomic E-state index is -0.736. The molecule has 3 aromatic carbocycles. The summed E-state index contributed by atoms with van der Waals surface area (Å²) in [6.07, 6.45) is 1.86. The summed E-state index contributed by atoms with van der Waals surface area (Å²) in [6, 6.07) is 22.5. The fraction of sp³-hybridized carbons (Fsp3) is 0.233. The first-order valence-electron chi connectivity index (χ1n) is 12.7. The molecule has 2 heterocycles. The first kappa shape index (κ1) is 25.1. The van der Waals surface area contributed by atoms with Crippen molar-refractivity contribution < 1.29 is 19.2 Å². The average Bonchev–Trinajstić information content (AvgIpc) is 3.52. The minimum Gasteiger partial charge on any atom is -0.484 e. The van der Waals surface area contributed by atoms with E-state index >= 15 is 0 Å². The maximum Gasteiger partial charge on any atom is 0.261 e. The van der Waals surface area contributed by atoms with Crippen LogP contribution < -0.4 is 10.1 Å². The Morgan fingerprint density at radius 1 is 1.05 bits per heavy atom. The summed E-state index contributed by atoms with van der Waals surface area (Å²) in [4.78, 5) is 33.3. The molecule has 1 N–H and O–H groups in total. The van der Waals surface area contributed by atoms with Crippen molar-refractivity contribution in [1.29, 1.82) is 0 Å². The van der Waals surface area contributed by atoms with Crippen LogP contribution in [-0.2, 0) is 21.0 Å². The Morgan fingerprint density at radius 3 is 2.61 bits per heavy atom. The largest absolute Gasteiger partial charge is 0.484 e. The van der Waals surface area contributed by atoms with Gasteiger partial charge in [-0.25, -0.2) is 0 Å². The maximum atomic E-state index is 13.5. The molecule has 1 saturated heterocycles. The van der Waals surface area contributed by atoms with E-state index in [4.69, 9.17) is 9.57 Å². The van der Waals surface area contributed by atoms with Gasteiger partial charge in [-0.15, -0.1) is 0 Å². The van der Waals surface area contributed by atoms with Crippen LogP contribution in [0.15, 0.2) is 90.6 Å². The van der Waals surface area contributed by atoms with Gasteiger partial charge in [0.25, 0.3) is 5.91 Å². The van der Waals surface area contributed by atoms with Crippen LogP contribution in [0.2, 0.25) is 0 Å². The number of para-hydroxylation sites is 2. The second-order valence-electron chi connectivity index (χ2n) is 9.07. The van der Waals surface area contributed by atoms with Crippen LogP contribution >= 0.6 is 0 Å². The van der Waals surface area contributed by atoms with Gasteiger partial charge in [-0.3, -0.25) is 9.59 Å². The van der Waals surface area contributed by atoms with Crippen molar-refractivity contribution in [1.82, 2.24) is 9.47 Å². The zero-order valence-corrected chi connectivity index (χ0v) is 21.3. The molecule has 1 aliphatic rings. The van der Waals surface area contributed by atoms with Gasteiger partial charge in [0.2, 0.25) is 5.91 Å². The van der Waals surface area contributed by atoms with E-state index in [1.54, 1.807) is 18.2 Å². The highest BCUT2D eigenvalue weighted by Crippen LogP contribution is 2.31. The van der Waals surface area contributed by atoms with Crippen LogP contribution in [0.25, 0.3) is 21.8 Å². The van der Waals surface area contributed by atoms with E-state index < -0.39 is 6.04 Å². The summed E-state index contributed by atoms with van der Waals surface area (Å²) in [7, 11) is 0.